The van der Waals surface area contributed by atoms with E-state index in [4.69, 9.17) is 4.84 Å². The van der Waals surface area contributed by atoms with Gasteiger partial charge in [-0.05, 0) is 106 Å². The number of fused-ring (bicyclic) bond motifs is 2. The Balaban J connectivity index is 0.00000151. The van der Waals surface area contributed by atoms with E-state index < -0.39 is 5.41 Å². The fourth-order valence-electron chi connectivity index (χ4n) is 6.18. The van der Waals surface area contributed by atoms with E-state index in [-0.39, 0.29) is 5.75 Å². The standard InChI is InChI=1S/C34H29NO2.C2H2/c1-4-7-32-22(2)31-8-5-6-9-33(31)34(32,28-15-11-26-21-30(36)17-13-24(26)19-28)27-14-10-25-20-29(35-37-3)16-12-23(25)18-27;1-2/h4,7,10-21,35-36H,6,9H2,1-3H3;1-2H/b7-4-;. The van der Waals surface area contributed by atoms with Crippen LogP contribution in [0.3, 0.4) is 0 Å². The van der Waals surface area contributed by atoms with Crippen molar-refractivity contribution < 1.29 is 9.94 Å². The maximum Gasteiger partial charge on any atom is 0.116 e. The Kier molecular flexibility index (Phi) is 7.03. The average molecular weight is 510 g/mol. The summed E-state index contributed by atoms with van der Waals surface area (Å²) in [7, 11) is 1.62. The third-order valence-electron chi connectivity index (χ3n) is 7.73. The molecular weight excluding hydrogens is 478 g/mol. The highest BCUT2D eigenvalue weighted by molar-refractivity contribution is 5.89. The molecular formula is C36H31NO2. The van der Waals surface area contributed by atoms with Gasteiger partial charge < -0.3 is 5.11 Å². The summed E-state index contributed by atoms with van der Waals surface area (Å²) in [5.41, 5.74) is 11.0. The molecule has 0 radical (unpaired) electrons. The first-order chi connectivity index (χ1) is 19.1. The molecule has 3 nitrogen and oxygen atoms in total. The first-order valence-corrected chi connectivity index (χ1v) is 13.0. The molecule has 2 aliphatic rings. The van der Waals surface area contributed by atoms with Gasteiger partial charge in [0.2, 0.25) is 0 Å². The zero-order chi connectivity index (χ0) is 27.6. The predicted octanol–water partition coefficient (Wildman–Crippen LogP) is 8.21. The van der Waals surface area contributed by atoms with E-state index in [0.717, 1.165) is 34.7 Å². The number of rotatable bonds is 5. The van der Waals surface area contributed by atoms with Gasteiger partial charge in [-0.3, -0.25) is 10.3 Å². The second-order valence-electron chi connectivity index (χ2n) is 9.77. The van der Waals surface area contributed by atoms with Crippen molar-refractivity contribution in [1.29, 1.82) is 0 Å². The highest BCUT2D eigenvalue weighted by Gasteiger charge is 2.47. The van der Waals surface area contributed by atoms with Gasteiger partial charge in [-0.25, -0.2) is 0 Å². The number of aromatic hydroxyl groups is 1. The van der Waals surface area contributed by atoms with Crippen LogP contribution in [0.25, 0.3) is 21.5 Å². The van der Waals surface area contributed by atoms with E-state index >= 15 is 0 Å². The van der Waals surface area contributed by atoms with Gasteiger partial charge in [-0.2, -0.15) is 0 Å². The van der Waals surface area contributed by atoms with Crippen LogP contribution >= 0.6 is 0 Å². The SMILES string of the molecule is C#C.C/C=C\C1=C(C)C2=C(CCC#C2)C1(c1ccc2cc(O)ccc2c1)c1ccc2cc(NOC)ccc2c1. The Morgan fingerprint density at radius 1 is 0.897 bits per heavy atom. The fourth-order valence-corrected chi connectivity index (χ4v) is 6.18. The Labute approximate surface area is 230 Å². The van der Waals surface area contributed by atoms with Crippen LogP contribution in [0.1, 0.15) is 37.8 Å². The second-order valence-corrected chi connectivity index (χ2v) is 9.77. The van der Waals surface area contributed by atoms with Crippen LogP contribution in [0.15, 0.2) is 107 Å². The van der Waals surface area contributed by atoms with Crippen LogP contribution in [0.2, 0.25) is 0 Å². The topological polar surface area (TPSA) is 41.5 Å². The maximum atomic E-state index is 10.0. The molecule has 39 heavy (non-hydrogen) atoms. The van der Waals surface area contributed by atoms with E-state index in [9.17, 15) is 5.11 Å². The summed E-state index contributed by atoms with van der Waals surface area (Å²) >= 11 is 0. The first-order valence-electron chi connectivity index (χ1n) is 13.0. The first kappa shape index (κ1) is 25.9. The number of hydrogen-bond acceptors (Lipinski definition) is 3. The van der Waals surface area contributed by atoms with Crippen molar-refractivity contribution >= 4 is 27.2 Å². The van der Waals surface area contributed by atoms with Crippen molar-refractivity contribution in [1.82, 2.24) is 0 Å². The molecule has 1 atom stereocenters. The molecule has 0 aliphatic heterocycles. The largest absolute Gasteiger partial charge is 0.508 e. The number of allylic oxidation sites excluding steroid dienone is 6. The Bertz CT molecular complexity index is 1770. The smallest absolute Gasteiger partial charge is 0.116 e. The average Bonchev–Trinajstić information content (AvgIpc) is 3.22. The number of nitrogens with one attached hydrogen (secondary N) is 1. The minimum absolute atomic E-state index is 0.283. The number of phenols is 1. The van der Waals surface area contributed by atoms with Crippen LogP contribution in [-0.2, 0) is 10.3 Å². The van der Waals surface area contributed by atoms with Crippen LogP contribution in [0.4, 0.5) is 5.69 Å². The van der Waals surface area contributed by atoms with E-state index in [0.29, 0.717) is 0 Å². The van der Waals surface area contributed by atoms with Crippen LogP contribution < -0.4 is 5.48 Å². The molecule has 0 spiro atoms. The molecule has 0 bridgehead atoms. The summed E-state index contributed by atoms with van der Waals surface area (Å²) in [6.45, 7) is 4.30. The molecule has 192 valence electrons. The van der Waals surface area contributed by atoms with Gasteiger partial charge in [0.05, 0.1) is 18.2 Å². The number of benzene rings is 4. The predicted molar refractivity (Wildman–Crippen MR) is 162 cm³/mol. The van der Waals surface area contributed by atoms with Gasteiger partial charge in [0.25, 0.3) is 0 Å². The fraction of sp³-hybridized carbons (Fsp3) is 0.167. The Morgan fingerprint density at radius 2 is 1.51 bits per heavy atom. The molecule has 0 fully saturated rings. The summed E-state index contributed by atoms with van der Waals surface area (Å²) in [6, 6.07) is 25.4. The minimum Gasteiger partial charge on any atom is -0.508 e. The van der Waals surface area contributed by atoms with E-state index in [1.54, 1.807) is 13.2 Å². The molecule has 1 unspecified atom stereocenters. The second kappa shape index (κ2) is 10.6. The summed E-state index contributed by atoms with van der Waals surface area (Å²) in [5, 5.41) is 14.5. The van der Waals surface area contributed by atoms with Crippen molar-refractivity contribution in [2.45, 2.75) is 32.1 Å². The van der Waals surface area contributed by atoms with Gasteiger partial charge >= 0.3 is 0 Å². The molecule has 2 aliphatic carbocycles. The highest BCUT2D eigenvalue weighted by Crippen LogP contribution is 2.56. The normalized spacial score (nSPS) is 18.1. The zero-order valence-electron chi connectivity index (χ0n) is 22.5. The Morgan fingerprint density at radius 3 is 2.18 bits per heavy atom. The lowest BCUT2D eigenvalue weighted by atomic mass is 9.64. The Hall–Kier alpha value is -4.70. The summed E-state index contributed by atoms with van der Waals surface area (Å²) < 4.78 is 0. The van der Waals surface area contributed by atoms with Crippen LogP contribution in [0.5, 0.6) is 5.75 Å². The number of phenolic OH excluding ortho intramolecular Hbond substituents is 1. The van der Waals surface area contributed by atoms with E-state index in [2.05, 4.69) is 105 Å². The van der Waals surface area contributed by atoms with Gasteiger partial charge in [0.15, 0.2) is 0 Å². The van der Waals surface area contributed by atoms with Gasteiger partial charge in [0, 0.05) is 12.0 Å². The van der Waals surface area contributed by atoms with E-state index in [1.807, 2.05) is 18.2 Å². The number of anilines is 1. The van der Waals surface area contributed by atoms with Gasteiger partial charge in [-0.1, -0.05) is 60.4 Å². The van der Waals surface area contributed by atoms with Crippen LogP contribution in [-0.4, -0.2) is 12.2 Å². The van der Waals surface area contributed by atoms with Crippen molar-refractivity contribution in [2.75, 3.05) is 12.6 Å². The lowest BCUT2D eigenvalue weighted by molar-refractivity contribution is 0.271. The third kappa shape index (κ3) is 4.18. The van der Waals surface area contributed by atoms with Crippen molar-refractivity contribution in [3.8, 4) is 30.4 Å². The van der Waals surface area contributed by atoms with Gasteiger partial charge in [-0.15, -0.1) is 12.8 Å². The molecule has 3 heteroatoms. The molecule has 0 saturated carbocycles. The molecule has 4 aromatic carbocycles. The molecule has 0 amide bonds. The monoisotopic (exact) mass is 509 g/mol. The summed E-state index contributed by atoms with van der Waals surface area (Å²) in [4.78, 5) is 5.11. The number of terminal acetylenes is 1. The van der Waals surface area contributed by atoms with Crippen molar-refractivity contribution in [2.24, 2.45) is 0 Å². The molecule has 0 aromatic heterocycles. The quantitative estimate of drug-likeness (QED) is 0.210. The van der Waals surface area contributed by atoms with Crippen molar-refractivity contribution in [3.63, 3.8) is 0 Å². The minimum atomic E-state index is -0.440. The lowest BCUT2D eigenvalue weighted by Gasteiger charge is -2.37. The molecule has 0 saturated heterocycles. The van der Waals surface area contributed by atoms with Crippen LogP contribution in [0, 0.1) is 24.7 Å². The van der Waals surface area contributed by atoms with Gasteiger partial charge in [0.1, 0.15) is 5.75 Å². The number of hydrogen-bond donors (Lipinski definition) is 2. The summed E-state index contributed by atoms with van der Waals surface area (Å²) in [5.74, 6) is 7.14. The molecule has 2 N–H and O–H groups in total. The lowest BCUT2D eigenvalue weighted by Crippen LogP contribution is -2.31. The molecule has 4 aromatic rings. The highest BCUT2D eigenvalue weighted by atomic mass is 16.6. The molecule has 6 rings (SSSR count). The zero-order valence-corrected chi connectivity index (χ0v) is 22.5. The summed E-state index contributed by atoms with van der Waals surface area (Å²) in [6.07, 6.45) is 14.2. The molecule has 0 heterocycles. The van der Waals surface area contributed by atoms with E-state index in [1.165, 1.54) is 38.8 Å². The third-order valence-corrected chi connectivity index (χ3v) is 7.73. The maximum absolute atomic E-state index is 10.0. The van der Waals surface area contributed by atoms with Crippen molar-refractivity contribution in [3.05, 3.63) is 118 Å².